The number of methoxy groups -OCH3 is 1. The summed E-state index contributed by atoms with van der Waals surface area (Å²) in [6.45, 7) is 3.26. The normalized spacial score (nSPS) is 12.0. The molecule has 1 atom stereocenters. The number of rotatable bonds is 12. The van der Waals surface area contributed by atoms with Crippen LogP contribution in [0, 0.1) is 24.0 Å². The highest BCUT2D eigenvalue weighted by atomic mass is 16.9. The lowest BCUT2D eigenvalue weighted by Crippen LogP contribution is -2.51. The minimum absolute atomic E-state index is 0.00516. The molecule has 0 saturated heterocycles. The van der Waals surface area contributed by atoms with Gasteiger partial charge in [0.25, 0.3) is 5.09 Å². The third-order valence-electron chi connectivity index (χ3n) is 5.23. The van der Waals surface area contributed by atoms with E-state index in [0.29, 0.717) is 22.5 Å². The molecule has 0 saturated carbocycles. The van der Waals surface area contributed by atoms with Crippen molar-refractivity contribution < 1.29 is 28.9 Å². The van der Waals surface area contributed by atoms with Gasteiger partial charge in [-0.15, -0.1) is 10.1 Å². The number of carbonyl (C=O) groups excluding carboxylic acids is 1. The number of hydrogen-bond donors (Lipinski definition) is 0. The van der Waals surface area contributed by atoms with Gasteiger partial charge in [-0.1, -0.05) is 60.7 Å². The van der Waals surface area contributed by atoms with E-state index < -0.39 is 22.8 Å². The third-order valence-corrected chi connectivity index (χ3v) is 5.23. The van der Waals surface area contributed by atoms with Crippen molar-refractivity contribution in [3.63, 3.8) is 0 Å². The van der Waals surface area contributed by atoms with Crippen LogP contribution in [0.4, 0.5) is 0 Å². The van der Waals surface area contributed by atoms with Crippen LogP contribution in [0.3, 0.4) is 0 Å². The van der Waals surface area contributed by atoms with Gasteiger partial charge >= 0.3 is 12.0 Å². The Morgan fingerprint density at radius 2 is 1.51 bits per heavy atom. The van der Waals surface area contributed by atoms with Crippen molar-refractivity contribution in [2.24, 2.45) is 0 Å². The Labute approximate surface area is 202 Å². The first kappa shape index (κ1) is 25.6. The maximum atomic E-state index is 13.5. The summed E-state index contributed by atoms with van der Waals surface area (Å²) in [6.07, 6.45) is -1.23. The molecular formula is C25H27N3O7. The Morgan fingerprint density at radius 1 is 0.971 bits per heavy atom. The number of hydrogen-bond acceptors (Lipinski definition) is 9. The van der Waals surface area contributed by atoms with E-state index in [0.717, 1.165) is 0 Å². The summed E-state index contributed by atoms with van der Waals surface area (Å²) in [4.78, 5) is 36.8. The van der Waals surface area contributed by atoms with E-state index in [1.54, 1.807) is 19.9 Å². The molecule has 1 aromatic heterocycles. The lowest BCUT2D eigenvalue weighted by Gasteiger charge is -2.38. The van der Waals surface area contributed by atoms with Crippen LogP contribution in [0.5, 0.6) is 6.01 Å². The van der Waals surface area contributed by atoms with Crippen molar-refractivity contribution in [2.75, 3.05) is 20.3 Å². The second kappa shape index (κ2) is 11.9. The zero-order valence-corrected chi connectivity index (χ0v) is 19.7. The smallest absolute Gasteiger partial charge is 0.351 e. The molecule has 1 heterocycles. The maximum Gasteiger partial charge on any atom is 0.351 e. The summed E-state index contributed by atoms with van der Waals surface area (Å²) >= 11 is 0. The fourth-order valence-corrected chi connectivity index (χ4v) is 3.78. The van der Waals surface area contributed by atoms with E-state index in [4.69, 9.17) is 14.2 Å². The number of esters is 1. The lowest BCUT2D eigenvalue weighted by molar-refractivity contribution is -0.757. The molecule has 0 amide bonds. The molecule has 2 aromatic carbocycles. The van der Waals surface area contributed by atoms with Crippen LogP contribution in [-0.4, -0.2) is 47.5 Å². The fraction of sp³-hybridized carbons (Fsp3) is 0.320. The van der Waals surface area contributed by atoms with Gasteiger partial charge in [0.05, 0.1) is 13.2 Å². The summed E-state index contributed by atoms with van der Waals surface area (Å²) < 4.78 is 17.7. The number of benzene rings is 2. The molecule has 0 aliphatic rings. The van der Waals surface area contributed by atoms with E-state index in [2.05, 4.69) is 14.8 Å². The first-order chi connectivity index (χ1) is 16.9. The van der Waals surface area contributed by atoms with Crippen LogP contribution in [0.15, 0.2) is 66.7 Å². The van der Waals surface area contributed by atoms with Crippen molar-refractivity contribution in [3.05, 3.63) is 99.4 Å². The number of carbonyl (C=O) groups is 1. The monoisotopic (exact) mass is 481 g/mol. The standard InChI is InChI=1S/C25H27N3O7/c1-18-17-19(2)27-24(26-18)35-22(23(29)33-15-10-16-34-28(30)31)25(32-3,20-11-6-4-7-12-20)21-13-8-5-9-14-21/h4-9,11-14,17,22H,10,15-16H2,1-3H3. The fourth-order valence-electron chi connectivity index (χ4n) is 3.78. The van der Waals surface area contributed by atoms with Gasteiger partial charge in [0.2, 0.25) is 6.10 Å². The highest BCUT2D eigenvalue weighted by Gasteiger charge is 2.50. The van der Waals surface area contributed by atoms with Crippen LogP contribution < -0.4 is 4.74 Å². The quantitative estimate of drug-likeness (QED) is 0.165. The Bertz CT molecular complexity index is 1070. The number of aromatic nitrogens is 2. The van der Waals surface area contributed by atoms with Gasteiger partial charge in [0, 0.05) is 24.9 Å². The van der Waals surface area contributed by atoms with Gasteiger partial charge in [0.1, 0.15) is 0 Å². The molecule has 0 bridgehead atoms. The second-order valence-corrected chi connectivity index (χ2v) is 7.68. The van der Waals surface area contributed by atoms with Gasteiger partial charge < -0.3 is 19.0 Å². The highest BCUT2D eigenvalue weighted by Crippen LogP contribution is 2.39. The van der Waals surface area contributed by atoms with E-state index in [1.165, 1.54) is 7.11 Å². The van der Waals surface area contributed by atoms with Gasteiger partial charge in [-0.25, -0.2) is 14.8 Å². The molecule has 184 valence electrons. The van der Waals surface area contributed by atoms with Crippen LogP contribution in [0.25, 0.3) is 0 Å². The van der Waals surface area contributed by atoms with Crippen LogP contribution >= 0.6 is 0 Å². The highest BCUT2D eigenvalue weighted by molar-refractivity contribution is 5.78. The van der Waals surface area contributed by atoms with Crippen LogP contribution in [-0.2, 0) is 24.7 Å². The van der Waals surface area contributed by atoms with Gasteiger partial charge in [0.15, 0.2) is 5.60 Å². The summed E-state index contributed by atoms with van der Waals surface area (Å²) in [5.41, 5.74) is 1.21. The predicted molar refractivity (Wildman–Crippen MR) is 125 cm³/mol. The zero-order chi connectivity index (χ0) is 25.3. The van der Waals surface area contributed by atoms with Crippen molar-refractivity contribution in [3.8, 4) is 6.01 Å². The Kier molecular flexibility index (Phi) is 8.69. The first-order valence-electron chi connectivity index (χ1n) is 11.0. The molecule has 3 rings (SSSR count). The van der Waals surface area contributed by atoms with Crippen molar-refractivity contribution >= 4 is 5.97 Å². The summed E-state index contributed by atoms with van der Waals surface area (Å²) in [5.74, 6) is -0.747. The Balaban J connectivity index is 2.05. The van der Waals surface area contributed by atoms with Gasteiger partial charge in [-0.3, -0.25) is 0 Å². The lowest BCUT2D eigenvalue weighted by atomic mass is 9.81. The molecule has 3 aromatic rings. The minimum Gasteiger partial charge on any atom is -0.463 e. The first-order valence-corrected chi connectivity index (χ1v) is 11.0. The second-order valence-electron chi connectivity index (χ2n) is 7.68. The Morgan fingerprint density at radius 3 is 2.00 bits per heavy atom. The van der Waals surface area contributed by atoms with E-state index in [1.807, 2.05) is 60.7 Å². The van der Waals surface area contributed by atoms with Crippen LogP contribution in [0.1, 0.15) is 28.9 Å². The van der Waals surface area contributed by atoms with Gasteiger partial charge in [-0.2, -0.15) is 0 Å². The van der Waals surface area contributed by atoms with E-state index in [9.17, 15) is 14.9 Å². The minimum atomic E-state index is -1.42. The van der Waals surface area contributed by atoms with Crippen molar-refractivity contribution in [2.45, 2.75) is 32.0 Å². The summed E-state index contributed by atoms with van der Waals surface area (Å²) in [5, 5.41) is 9.48. The topological polar surface area (TPSA) is 123 Å². The molecule has 35 heavy (non-hydrogen) atoms. The van der Waals surface area contributed by atoms with Crippen LogP contribution in [0.2, 0.25) is 0 Å². The molecule has 1 unspecified atom stereocenters. The third kappa shape index (κ3) is 6.30. The average Bonchev–Trinajstić information content (AvgIpc) is 2.84. The summed E-state index contributed by atoms with van der Waals surface area (Å²) in [6, 6.07) is 20.1. The summed E-state index contributed by atoms with van der Waals surface area (Å²) in [7, 11) is 1.48. The molecule has 0 aliphatic heterocycles. The van der Waals surface area contributed by atoms with Crippen molar-refractivity contribution in [1.29, 1.82) is 0 Å². The Hall–Kier alpha value is -4.05. The predicted octanol–water partition coefficient (Wildman–Crippen LogP) is 3.57. The number of aryl methyl sites for hydroxylation is 2. The molecular weight excluding hydrogens is 454 g/mol. The van der Waals surface area contributed by atoms with E-state index in [-0.39, 0.29) is 25.6 Å². The molecule has 10 heteroatoms. The molecule has 0 spiro atoms. The molecule has 0 N–H and O–H groups in total. The number of ether oxygens (including phenoxy) is 3. The molecule has 0 aliphatic carbocycles. The average molecular weight is 482 g/mol. The SMILES string of the molecule is COC(c1ccccc1)(c1ccccc1)C(Oc1nc(C)cc(C)n1)C(=O)OCCCO[N+](=O)[O-]. The zero-order valence-electron chi connectivity index (χ0n) is 19.7. The molecule has 0 radical (unpaired) electrons. The van der Waals surface area contributed by atoms with Crippen molar-refractivity contribution in [1.82, 2.24) is 9.97 Å². The largest absolute Gasteiger partial charge is 0.463 e. The maximum absolute atomic E-state index is 13.5. The molecule has 10 nitrogen and oxygen atoms in total. The number of nitrogens with zero attached hydrogens (tertiary/aromatic N) is 3. The molecule has 0 fully saturated rings. The van der Waals surface area contributed by atoms with Gasteiger partial charge in [-0.05, 0) is 31.0 Å². The van der Waals surface area contributed by atoms with E-state index >= 15 is 0 Å².